The Morgan fingerprint density at radius 1 is 1.13 bits per heavy atom. The number of nitrogens with zero attached hydrogens (tertiary/aromatic N) is 1. The zero-order valence-corrected chi connectivity index (χ0v) is 15.4. The normalized spacial score (nSPS) is 11.4. The first kappa shape index (κ1) is 16.2. The zero-order chi connectivity index (χ0) is 16.4. The molecule has 23 heavy (non-hydrogen) atoms. The minimum atomic E-state index is -3.61. The highest BCUT2D eigenvalue weighted by atomic mass is 79.9. The molecule has 0 amide bonds. The molecule has 0 saturated heterocycles. The Morgan fingerprint density at radius 2 is 1.87 bits per heavy atom. The maximum absolute atomic E-state index is 12.4. The predicted molar refractivity (Wildman–Crippen MR) is 97.2 cm³/mol. The third kappa shape index (κ3) is 3.80. The van der Waals surface area contributed by atoms with Crippen molar-refractivity contribution in [2.24, 2.45) is 0 Å². The molecule has 0 aliphatic rings. The lowest BCUT2D eigenvalue weighted by Crippen LogP contribution is -2.12. The van der Waals surface area contributed by atoms with Gasteiger partial charge in [-0.3, -0.25) is 4.72 Å². The number of hydrogen-bond acceptors (Lipinski definition) is 4. The summed E-state index contributed by atoms with van der Waals surface area (Å²) in [6.07, 6.45) is 0. The summed E-state index contributed by atoms with van der Waals surface area (Å²) in [7, 11) is -3.61. The van der Waals surface area contributed by atoms with E-state index in [1.807, 2.05) is 24.4 Å². The lowest BCUT2D eigenvalue weighted by molar-refractivity contribution is 0.601. The van der Waals surface area contributed by atoms with Crippen LogP contribution in [0.25, 0.3) is 11.3 Å². The summed E-state index contributed by atoms with van der Waals surface area (Å²) in [5.74, 6) is 0. The molecule has 1 N–H and O–H groups in total. The number of aromatic nitrogens is 1. The third-order valence-electron chi connectivity index (χ3n) is 3.15. The smallest absolute Gasteiger partial charge is 0.261 e. The van der Waals surface area contributed by atoms with E-state index in [1.165, 1.54) is 0 Å². The number of anilines is 1. The summed E-state index contributed by atoms with van der Waals surface area (Å²) < 4.78 is 28.3. The van der Waals surface area contributed by atoms with Crippen LogP contribution in [0, 0.1) is 6.92 Å². The summed E-state index contributed by atoms with van der Waals surface area (Å²) in [6.45, 7) is 1.94. The molecule has 0 saturated carbocycles. The standard InChI is InChI=1S/C16H13BrN2O2S2/c1-11-18-16(10-22-11)12-3-2-4-14(9-12)19-23(20,21)15-7-5-13(17)6-8-15/h2-10,19H,1H3. The minimum absolute atomic E-state index is 0.218. The Morgan fingerprint density at radius 3 is 2.52 bits per heavy atom. The van der Waals surface area contributed by atoms with E-state index in [-0.39, 0.29) is 4.90 Å². The van der Waals surface area contributed by atoms with Gasteiger partial charge in [0.25, 0.3) is 10.0 Å². The molecule has 2 aromatic carbocycles. The lowest BCUT2D eigenvalue weighted by Gasteiger charge is -2.09. The van der Waals surface area contributed by atoms with Gasteiger partial charge in [-0.25, -0.2) is 13.4 Å². The Balaban J connectivity index is 1.89. The maximum Gasteiger partial charge on any atom is 0.261 e. The summed E-state index contributed by atoms with van der Waals surface area (Å²) in [5.41, 5.74) is 2.23. The summed E-state index contributed by atoms with van der Waals surface area (Å²) in [5, 5.41) is 2.93. The fraction of sp³-hybridized carbons (Fsp3) is 0.0625. The van der Waals surface area contributed by atoms with E-state index in [0.29, 0.717) is 5.69 Å². The molecule has 0 atom stereocenters. The van der Waals surface area contributed by atoms with E-state index in [0.717, 1.165) is 20.7 Å². The van der Waals surface area contributed by atoms with Crippen LogP contribution < -0.4 is 4.72 Å². The van der Waals surface area contributed by atoms with Crippen LogP contribution in [0.3, 0.4) is 0 Å². The van der Waals surface area contributed by atoms with Crippen LogP contribution in [0.5, 0.6) is 0 Å². The van der Waals surface area contributed by atoms with Crippen molar-refractivity contribution in [3.05, 3.63) is 63.4 Å². The largest absolute Gasteiger partial charge is 0.280 e. The van der Waals surface area contributed by atoms with Gasteiger partial charge in [0.05, 0.1) is 15.6 Å². The van der Waals surface area contributed by atoms with E-state index in [4.69, 9.17) is 0 Å². The second-order valence-corrected chi connectivity index (χ2v) is 8.55. The molecule has 1 heterocycles. The molecule has 1 aromatic heterocycles. The van der Waals surface area contributed by atoms with Gasteiger partial charge in [-0.15, -0.1) is 11.3 Å². The van der Waals surface area contributed by atoms with Crippen molar-refractivity contribution in [3.63, 3.8) is 0 Å². The molecular formula is C16H13BrN2O2S2. The molecule has 118 valence electrons. The number of rotatable bonds is 4. The second-order valence-electron chi connectivity index (χ2n) is 4.89. The predicted octanol–water partition coefficient (Wildman–Crippen LogP) is 4.68. The van der Waals surface area contributed by atoms with E-state index in [9.17, 15) is 8.42 Å². The number of halogens is 1. The summed E-state index contributed by atoms with van der Waals surface area (Å²) in [6, 6.07) is 13.7. The van der Waals surface area contributed by atoms with Crippen LogP contribution in [0.4, 0.5) is 5.69 Å². The first-order chi connectivity index (χ1) is 10.9. The van der Waals surface area contributed by atoms with E-state index in [2.05, 4.69) is 25.6 Å². The average molecular weight is 409 g/mol. The molecule has 0 radical (unpaired) electrons. The van der Waals surface area contributed by atoms with Crippen molar-refractivity contribution in [2.75, 3.05) is 4.72 Å². The van der Waals surface area contributed by atoms with Gasteiger partial charge in [-0.2, -0.15) is 0 Å². The molecular weight excluding hydrogens is 396 g/mol. The van der Waals surface area contributed by atoms with Crippen molar-refractivity contribution in [3.8, 4) is 11.3 Å². The average Bonchev–Trinajstić information content (AvgIpc) is 2.94. The van der Waals surface area contributed by atoms with E-state index < -0.39 is 10.0 Å². The summed E-state index contributed by atoms with van der Waals surface area (Å²) >= 11 is 4.86. The third-order valence-corrected chi connectivity index (χ3v) is 5.85. The molecule has 3 aromatic rings. The molecule has 0 spiro atoms. The highest BCUT2D eigenvalue weighted by Gasteiger charge is 2.14. The Bertz CT molecular complexity index is 935. The first-order valence-electron chi connectivity index (χ1n) is 6.75. The van der Waals surface area contributed by atoms with Gasteiger partial charge in [-0.05, 0) is 43.3 Å². The highest BCUT2D eigenvalue weighted by molar-refractivity contribution is 9.10. The van der Waals surface area contributed by atoms with Gasteiger partial charge in [0.15, 0.2) is 0 Å². The number of thiazole rings is 1. The van der Waals surface area contributed by atoms with Crippen LogP contribution in [0.1, 0.15) is 5.01 Å². The molecule has 4 nitrogen and oxygen atoms in total. The topological polar surface area (TPSA) is 59.1 Å². The van der Waals surface area contributed by atoms with Crippen LogP contribution in [-0.2, 0) is 10.0 Å². The van der Waals surface area contributed by atoms with Crippen LogP contribution >= 0.6 is 27.3 Å². The van der Waals surface area contributed by atoms with Crippen molar-refractivity contribution < 1.29 is 8.42 Å². The van der Waals surface area contributed by atoms with E-state index >= 15 is 0 Å². The summed E-state index contributed by atoms with van der Waals surface area (Å²) in [4.78, 5) is 4.64. The molecule has 0 bridgehead atoms. The van der Waals surface area contributed by atoms with Crippen molar-refractivity contribution >= 4 is 43.0 Å². The van der Waals surface area contributed by atoms with Crippen LogP contribution in [-0.4, -0.2) is 13.4 Å². The van der Waals surface area contributed by atoms with Crippen LogP contribution in [0.15, 0.2) is 63.3 Å². The van der Waals surface area contributed by atoms with Gasteiger partial charge >= 0.3 is 0 Å². The van der Waals surface area contributed by atoms with Gasteiger partial charge < -0.3 is 0 Å². The van der Waals surface area contributed by atoms with Gasteiger partial charge in [0.2, 0.25) is 0 Å². The van der Waals surface area contributed by atoms with Crippen molar-refractivity contribution in [1.82, 2.24) is 4.98 Å². The molecule has 7 heteroatoms. The van der Waals surface area contributed by atoms with Crippen LogP contribution in [0.2, 0.25) is 0 Å². The Hall–Kier alpha value is -1.70. The van der Waals surface area contributed by atoms with E-state index in [1.54, 1.807) is 47.7 Å². The second kappa shape index (κ2) is 6.43. The quantitative estimate of drug-likeness (QED) is 0.681. The number of nitrogens with one attached hydrogen (secondary N) is 1. The molecule has 0 unspecified atom stereocenters. The number of benzene rings is 2. The van der Waals surface area contributed by atoms with Crippen molar-refractivity contribution in [1.29, 1.82) is 0 Å². The van der Waals surface area contributed by atoms with Gasteiger partial charge in [-0.1, -0.05) is 28.1 Å². The number of sulfonamides is 1. The SMILES string of the molecule is Cc1nc(-c2cccc(NS(=O)(=O)c3ccc(Br)cc3)c2)cs1. The lowest BCUT2D eigenvalue weighted by atomic mass is 10.1. The zero-order valence-electron chi connectivity index (χ0n) is 12.2. The minimum Gasteiger partial charge on any atom is -0.280 e. The fourth-order valence-corrected chi connectivity index (χ4v) is 4.00. The fourth-order valence-electron chi connectivity index (χ4n) is 2.07. The molecule has 3 rings (SSSR count). The first-order valence-corrected chi connectivity index (χ1v) is 9.90. The molecule has 0 fully saturated rings. The highest BCUT2D eigenvalue weighted by Crippen LogP contribution is 2.25. The van der Waals surface area contributed by atoms with Gasteiger partial charge in [0, 0.05) is 21.1 Å². The van der Waals surface area contributed by atoms with Gasteiger partial charge in [0.1, 0.15) is 0 Å². The monoisotopic (exact) mass is 408 g/mol. The molecule has 0 aliphatic carbocycles. The van der Waals surface area contributed by atoms with Crippen molar-refractivity contribution in [2.45, 2.75) is 11.8 Å². The Kier molecular flexibility index (Phi) is 4.52. The Labute approximate surface area is 147 Å². The molecule has 0 aliphatic heterocycles. The maximum atomic E-state index is 12.4. The number of hydrogen-bond donors (Lipinski definition) is 1. The number of aryl methyl sites for hydroxylation is 1.